The average molecular weight is 468 g/mol. The molecule has 0 aromatic heterocycles. The molecule has 5 rings (SSSR count). The van der Waals surface area contributed by atoms with Crippen molar-refractivity contribution in [3.8, 4) is 0 Å². The summed E-state index contributed by atoms with van der Waals surface area (Å²) in [7, 11) is 0. The Labute approximate surface area is 204 Å². The number of nitrogens with zero attached hydrogens (tertiary/aromatic N) is 1. The molecule has 0 radical (unpaired) electrons. The van der Waals surface area contributed by atoms with Gasteiger partial charge in [-0.05, 0) is 41.0 Å². The minimum Gasteiger partial charge on any atom is -0.329 e. The number of benzene rings is 4. The molecule has 4 aromatic rings. The summed E-state index contributed by atoms with van der Waals surface area (Å²) >= 11 is 3.68. The lowest BCUT2D eigenvalue weighted by atomic mass is 9.92. The molecule has 4 aromatic carbocycles. The number of hydrogen-bond acceptors (Lipinski definition) is 3. The lowest BCUT2D eigenvalue weighted by Gasteiger charge is -2.41. The van der Waals surface area contributed by atoms with Crippen LogP contribution in [0.5, 0.6) is 0 Å². The molecule has 0 saturated carbocycles. The van der Waals surface area contributed by atoms with Crippen LogP contribution in [0.1, 0.15) is 22.7 Å². The van der Waals surface area contributed by atoms with Gasteiger partial charge in [0.25, 0.3) is 0 Å². The summed E-state index contributed by atoms with van der Waals surface area (Å²) in [6.45, 7) is 0.611. The zero-order chi connectivity index (χ0) is 22.5. The molecule has 0 spiro atoms. The van der Waals surface area contributed by atoms with Gasteiger partial charge in [-0.3, -0.25) is 4.79 Å². The first-order chi connectivity index (χ1) is 16.3. The molecule has 0 saturated heterocycles. The second-order valence-electron chi connectivity index (χ2n) is 8.06. The van der Waals surface area contributed by atoms with Gasteiger partial charge in [-0.25, -0.2) is 0 Å². The predicted octanol–water partition coefficient (Wildman–Crippen LogP) is 7.22. The number of carbonyl (C=O) groups is 1. The van der Waals surface area contributed by atoms with Crippen molar-refractivity contribution in [2.24, 2.45) is 0 Å². The van der Waals surface area contributed by atoms with Gasteiger partial charge in [0.05, 0.1) is 17.0 Å². The molecule has 2 nitrogen and oxygen atoms in total. The lowest BCUT2D eigenvalue weighted by Crippen LogP contribution is -2.43. The van der Waals surface area contributed by atoms with Gasteiger partial charge in [0.2, 0.25) is 5.91 Å². The Hall–Kier alpha value is -2.95. The number of amides is 1. The fraction of sp³-hybridized carbons (Fsp3) is 0.138. The summed E-state index contributed by atoms with van der Waals surface area (Å²) < 4.78 is 0.101. The van der Waals surface area contributed by atoms with Crippen molar-refractivity contribution in [2.75, 3.05) is 0 Å². The van der Waals surface area contributed by atoms with Crippen LogP contribution in [-0.2, 0) is 17.8 Å². The van der Waals surface area contributed by atoms with E-state index in [-0.39, 0.29) is 16.5 Å². The van der Waals surface area contributed by atoms with Crippen LogP contribution in [0, 0.1) is 0 Å². The molecule has 1 aliphatic rings. The summed E-state index contributed by atoms with van der Waals surface area (Å²) in [5.41, 5.74) is 3.55. The van der Waals surface area contributed by atoms with Gasteiger partial charge in [-0.1, -0.05) is 91.0 Å². The van der Waals surface area contributed by atoms with Gasteiger partial charge in [0, 0.05) is 16.3 Å². The zero-order valence-electron chi connectivity index (χ0n) is 18.2. The Bertz CT molecular complexity index is 1160. The van der Waals surface area contributed by atoms with Crippen molar-refractivity contribution in [3.63, 3.8) is 0 Å². The number of hydrogen-bond donors (Lipinski definition) is 0. The van der Waals surface area contributed by atoms with E-state index in [4.69, 9.17) is 0 Å². The lowest BCUT2D eigenvalue weighted by molar-refractivity contribution is -0.134. The molecule has 4 heteroatoms. The molecule has 33 heavy (non-hydrogen) atoms. The highest BCUT2D eigenvalue weighted by atomic mass is 32.2. The summed E-state index contributed by atoms with van der Waals surface area (Å²) in [5, 5.41) is 0. The summed E-state index contributed by atoms with van der Waals surface area (Å²) in [5.74, 6) is 0.190. The highest BCUT2D eigenvalue weighted by Crippen LogP contribution is 2.48. The number of carbonyl (C=O) groups excluding carboxylic acids is 1. The number of thioether (sulfide) groups is 2. The molecule has 1 aliphatic heterocycles. The minimum atomic E-state index is -0.0435. The maximum atomic E-state index is 13.5. The Morgan fingerprint density at radius 2 is 1.21 bits per heavy atom. The Balaban J connectivity index is 1.58. The van der Waals surface area contributed by atoms with Crippen LogP contribution in [0.2, 0.25) is 0 Å². The standard InChI is InChI=1S/C29H25NOS2/c31-27-20-23-14-10-11-19-26(23)28(30(27)21-22-12-4-1-5-13-22)29(32-24-15-6-2-7-16-24)33-25-17-8-3-9-18-25/h1-19,28-29H,20-21H2. The van der Waals surface area contributed by atoms with E-state index in [1.165, 1.54) is 15.4 Å². The summed E-state index contributed by atoms with van der Waals surface area (Å²) in [4.78, 5) is 18.0. The van der Waals surface area contributed by atoms with Gasteiger partial charge >= 0.3 is 0 Å². The SMILES string of the molecule is O=C1Cc2ccccc2C(C(Sc2ccccc2)Sc2ccccc2)N1Cc1ccccc1. The molecule has 1 amide bonds. The predicted molar refractivity (Wildman–Crippen MR) is 138 cm³/mol. The third kappa shape index (κ3) is 5.18. The Morgan fingerprint density at radius 3 is 1.82 bits per heavy atom. The molecular weight excluding hydrogens is 442 g/mol. The fourth-order valence-electron chi connectivity index (χ4n) is 4.25. The van der Waals surface area contributed by atoms with Gasteiger partial charge in [-0.2, -0.15) is 0 Å². The van der Waals surface area contributed by atoms with Crippen molar-refractivity contribution in [1.82, 2.24) is 4.90 Å². The monoisotopic (exact) mass is 467 g/mol. The van der Waals surface area contributed by atoms with Crippen molar-refractivity contribution >= 4 is 29.4 Å². The van der Waals surface area contributed by atoms with E-state index in [1.54, 1.807) is 0 Å². The van der Waals surface area contributed by atoms with Crippen LogP contribution >= 0.6 is 23.5 Å². The molecule has 0 fully saturated rings. The van der Waals surface area contributed by atoms with E-state index in [2.05, 4.69) is 83.8 Å². The van der Waals surface area contributed by atoms with Crippen molar-refractivity contribution < 1.29 is 4.79 Å². The van der Waals surface area contributed by atoms with Crippen molar-refractivity contribution in [1.29, 1.82) is 0 Å². The van der Waals surface area contributed by atoms with E-state index < -0.39 is 0 Å². The molecule has 0 aliphatic carbocycles. The average Bonchev–Trinajstić information content (AvgIpc) is 2.86. The first kappa shape index (κ1) is 21.9. The molecule has 0 N–H and O–H groups in total. The maximum absolute atomic E-state index is 13.5. The summed E-state index contributed by atoms with van der Waals surface area (Å²) in [6, 6.07) is 39.7. The van der Waals surface area contributed by atoms with Crippen LogP contribution < -0.4 is 0 Å². The summed E-state index contributed by atoms with van der Waals surface area (Å²) in [6.07, 6.45) is 0.457. The topological polar surface area (TPSA) is 20.3 Å². The van der Waals surface area contributed by atoms with Crippen molar-refractivity contribution in [2.45, 2.75) is 33.4 Å². The Kier molecular flexibility index (Phi) is 6.84. The highest BCUT2D eigenvalue weighted by molar-refractivity contribution is 8.17. The first-order valence-electron chi connectivity index (χ1n) is 11.1. The third-order valence-electron chi connectivity index (χ3n) is 5.82. The third-order valence-corrected chi connectivity index (χ3v) is 8.46. The van der Waals surface area contributed by atoms with E-state index in [9.17, 15) is 4.79 Å². The first-order valence-corrected chi connectivity index (χ1v) is 12.9. The van der Waals surface area contributed by atoms with Gasteiger partial charge < -0.3 is 4.90 Å². The van der Waals surface area contributed by atoms with E-state index in [1.807, 2.05) is 59.9 Å². The molecule has 0 bridgehead atoms. The van der Waals surface area contributed by atoms with Crippen LogP contribution in [0.3, 0.4) is 0 Å². The largest absolute Gasteiger partial charge is 0.329 e. The highest BCUT2D eigenvalue weighted by Gasteiger charge is 2.38. The number of rotatable bonds is 7. The van der Waals surface area contributed by atoms with E-state index >= 15 is 0 Å². The normalized spacial score (nSPS) is 15.5. The smallest absolute Gasteiger partial charge is 0.227 e. The van der Waals surface area contributed by atoms with E-state index in [0.717, 1.165) is 11.1 Å². The molecule has 1 unspecified atom stereocenters. The molecule has 1 heterocycles. The maximum Gasteiger partial charge on any atom is 0.227 e. The molecular formula is C29H25NOS2. The van der Waals surface area contributed by atoms with Crippen LogP contribution in [-0.4, -0.2) is 15.4 Å². The fourth-order valence-corrected chi connectivity index (χ4v) is 7.12. The van der Waals surface area contributed by atoms with Crippen molar-refractivity contribution in [3.05, 3.63) is 132 Å². The quantitative estimate of drug-likeness (QED) is 0.211. The van der Waals surface area contributed by atoms with Crippen LogP contribution in [0.15, 0.2) is 125 Å². The Morgan fingerprint density at radius 1 is 0.697 bits per heavy atom. The second kappa shape index (κ2) is 10.3. The van der Waals surface area contributed by atoms with E-state index in [0.29, 0.717) is 13.0 Å². The van der Waals surface area contributed by atoms with Gasteiger partial charge in [-0.15, -0.1) is 23.5 Å². The second-order valence-corrected chi connectivity index (χ2v) is 10.8. The van der Waals surface area contributed by atoms with Gasteiger partial charge in [0.15, 0.2) is 0 Å². The van der Waals surface area contributed by atoms with Gasteiger partial charge in [0.1, 0.15) is 0 Å². The number of fused-ring (bicyclic) bond motifs is 1. The minimum absolute atomic E-state index is 0.0435. The molecule has 1 atom stereocenters. The zero-order valence-corrected chi connectivity index (χ0v) is 19.8. The molecule has 164 valence electrons. The van der Waals surface area contributed by atoms with Crippen LogP contribution in [0.25, 0.3) is 0 Å². The van der Waals surface area contributed by atoms with Crippen LogP contribution in [0.4, 0.5) is 0 Å².